The smallest absolute Gasteiger partial charge is 0.144 e. The van der Waals surface area contributed by atoms with Crippen LogP contribution in [-0.2, 0) is 0 Å². The number of halogens is 2. The van der Waals surface area contributed by atoms with Gasteiger partial charge in [0.05, 0.1) is 5.39 Å². The third kappa shape index (κ3) is 2.80. The van der Waals surface area contributed by atoms with E-state index >= 15 is 0 Å². The first-order chi connectivity index (χ1) is 11.8. The number of allylic oxidation sites excluding steroid dienone is 5. The summed E-state index contributed by atoms with van der Waals surface area (Å²) in [5.41, 5.74) is 4.76. The molecule has 0 N–H and O–H groups in total. The van der Waals surface area contributed by atoms with Gasteiger partial charge in [0, 0.05) is 22.6 Å². The van der Waals surface area contributed by atoms with Crippen molar-refractivity contribution in [2.24, 2.45) is 0 Å². The molecule has 0 amide bonds. The normalized spacial score (nSPS) is 12.6. The molecule has 25 heavy (non-hydrogen) atoms. The lowest BCUT2D eigenvalue weighted by Crippen LogP contribution is -1.88. The molecule has 3 rings (SSSR count). The Labute approximate surface area is 146 Å². The van der Waals surface area contributed by atoms with Gasteiger partial charge in [-0.2, -0.15) is 0 Å². The Balaban J connectivity index is 2.33. The van der Waals surface area contributed by atoms with E-state index in [9.17, 15) is 8.78 Å². The lowest BCUT2D eigenvalue weighted by molar-refractivity contribution is 0.577. The van der Waals surface area contributed by atoms with Crippen LogP contribution in [0.5, 0.6) is 0 Å². The molecule has 0 saturated heterocycles. The van der Waals surface area contributed by atoms with Crippen molar-refractivity contribution in [1.82, 2.24) is 0 Å². The minimum Gasteiger partial charge on any atom is -0.455 e. The maximum absolute atomic E-state index is 14.4. The fourth-order valence-electron chi connectivity index (χ4n) is 2.97. The first kappa shape index (κ1) is 17.2. The summed E-state index contributed by atoms with van der Waals surface area (Å²) in [6.45, 7) is 11.6. The van der Waals surface area contributed by atoms with Crippen LogP contribution in [0.25, 0.3) is 27.5 Å². The summed E-state index contributed by atoms with van der Waals surface area (Å²) < 4.78 is 34.2. The minimum atomic E-state index is -0.613. The molecular formula is C22H20F2O. The van der Waals surface area contributed by atoms with E-state index in [1.165, 1.54) is 0 Å². The Kier molecular flexibility index (Phi) is 4.34. The molecule has 0 bridgehead atoms. The van der Waals surface area contributed by atoms with Gasteiger partial charge in [0.15, 0.2) is 0 Å². The molecule has 0 unspecified atom stereocenters. The van der Waals surface area contributed by atoms with E-state index in [0.717, 1.165) is 28.3 Å². The molecule has 0 aliphatic carbocycles. The van der Waals surface area contributed by atoms with E-state index in [0.29, 0.717) is 21.9 Å². The van der Waals surface area contributed by atoms with Gasteiger partial charge in [-0.1, -0.05) is 42.5 Å². The molecule has 3 aromatic rings. The van der Waals surface area contributed by atoms with Crippen molar-refractivity contribution in [1.29, 1.82) is 0 Å². The molecule has 0 aliphatic heterocycles. The highest BCUT2D eigenvalue weighted by atomic mass is 19.1. The monoisotopic (exact) mass is 338 g/mol. The molecule has 1 heterocycles. The number of rotatable bonds is 3. The highest BCUT2D eigenvalue weighted by Crippen LogP contribution is 2.38. The fraction of sp³-hybridized carbons (Fsp3) is 0.182. The Morgan fingerprint density at radius 1 is 1.08 bits per heavy atom. The van der Waals surface area contributed by atoms with Gasteiger partial charge in [0.25, 0.3) is 0 Å². The summed E-state index contributed by atoms with van der Waals surface area (Å²) in [5.74, 6) is -1.22. The van der Waals surface area contributed by atoms with Crippen LogP contribution in [0.15, 0.2) is 53.0 Å². The van der Waals surface area contributed by atoms with Gasteiger partial charge >= 0.3 is 0 Å². The standard InChI is InChI=1S/C22H20F2O/c1-6-12(2)7-8-13(3)19-14(4)9-10-16-20-18(24)11-17(23)15(5)21(20)25-22(16)19/h6-11H,3H2,1-2,4-5H3/b8-7-,12-6-. The first-order valence-electron chi connectivity index (χ1n) is 8.15. The van der Waals surface area contributed by atoms with Crippen LogP contribution in [0, 0.1) is 25.5 Å². The van der Waals surface area contributed by atoms with Crippen molar-refractivity contribution in [3.8, 4) is 0 Å². The third-order valence-corrected chi connectivity index (χ3v) is 4.58. The third-order valence-electron chi connectivity index (χ3n) is 4.58. The van der Waals surface area contributed by atoms with Crippen molar-refractivity contribution in [2.75, 3.05) is 0 Å². The van der Waals surface area contributed by atoms with E-state index in [1.807, 2.05) is 51.1 Å². The predicted molar refractivity (Wildman–Crippen MR) is 101 cm³/mol. The van der Waals surface area contributed by atoms with Crippen molar-refractivity contribution >= 4 is 27.5 Å². The van der Waals surface area contributed by atoms with Crippen LogP contribution >= 0.6 is 0 Å². The Morgan fingerprint density at radius 2 is 1.80 bits per heavy atom. The quantitative estimate of drug-likeness (QED) is 0.468. The molecule has 0 aliphatic rings. The zero-order chi connectivity index (χ0) is 18.3. The molecule has 0 radical (unpaired) electrons. The fourth-order valence-corrected chi connectivity index (χ4v) is 2.97. The largest absolute Gasteiger partial charge is 0.455 e. The highest BCUT2D eigenvalue weighted by molar-refractivity contribution is 6.10. The van der Waals surface area contributed by atoms with Crippen molar-refractivity contribution in [3.63, 3.8) is 0 Å². The molecule has 1 aromatic heterocycles. The second-order valence-corrected chi connectivity index (χ2v) is 6.30. The lowest BCUT2D eigenvalue weighted by Gasteiger charge is -2.06. The molecule has 0 atom stereocenters. The van der Waals surface area contributed by atoms with Gasteiger partial charge in [-0.15, -0.1) is 0 Å². The first-order valence-corrected chi connectivity index (χ1v) is 8.15. The zero-order valence-electron chi connectivity index (χ0n) is 14.8. The molecule has 2 aromatic carbocycles. The van der Waals surface area contributed by atoms with Crippen LogP contribution in [0.4, 0.5) is 8.78 Å². The van der Waals surface area contributed by atoms with E-state index in [2.05, 4.69) is 6.58 Å². The number of fused-ring (bicyclic) bond motifs is 3. The number of hydrogen-bond acceptors (Lipinski definition) is 1. The maximum Gasteiger partial charge on any atom is 0.144 e. The highest BCUT2D eigenvalue weighted by Gasteiger charge is 2.20. The minimum absolute atomic E-state index is 0.251. The summed E-state index contributed by atoms with van der Waals surface area (Å²) in [6.07, 6.45) is 5.88. The Hall–Kier alpha value is -2.68. The van der Waals surface area contributed by atoms with E-state index < -0.39 is 11.6 Å². The average molecular weight is 338 g/mol. The molecule has 1 nitrogen and oxygen atoms in total. The Bertz CT molecular complexity index is 1060. The molecule has 0 fully saturated rings. The molecule has 0 saturated carbocycles. The number of aryl methyl sites for hydroxylation is 2. The zero-order valence-corrected chi connectivity index (χ0v) is 14.8. The molecule has 0 spiro atoms. The summed E-state index contributed by atoms with van der Waals surface area (Å²) >= 11 is 0. The van der Waals surface area contributed by atoms with Crippen molar-refractivity contribution in [3.05, 3.63) is 76.9 Å². The second-order valence-electron chi connectivity index (χ2n) is 6.30. The van der Waals surface area contributed by atoms with Gasteiger partial charge in [-0.25, -0.2) is 8.78 Å². The number of benzene rings is 2. The van der Waals surface area contributed by atoms with Crippen LogP contribution in [-0.4, -0.2) is 0 Å². The molecular weight excluding hydrogens is 318 g/mol. The van der Waals surface area contributed by atoms with Gasteiger partial charge < -0.3 is 4.42 Å². The van der Waals surface area contributed by atoms with Crippen molar-refractivity contribution in [2.45, 2.75) is 27.7 Å². The number of hydrogen-bond donors (Lipinski definition) is 0. The average Bonchev–Trinajstić information content (AvgIpc) is 2.97. The Morgan fingerprint density at radius 3 is 2.48 bits per heavy atom. The summed E-state index contributed by atoms with van der Waals surface area (Å²) in [4.78, 5) is 0. The maximum atomic E-state index is 14.4. The molecule has 3 heteroatoms. The van der Waals surface area contributed by atoms with Crippen LogP contribution in [0.2, 0.25) is 0 Å². The summed E-state index contributed by atoms with van der Waals surface area (Å²) in [5, 5.41) is 0.949. The number of furan rings is 1. The SMILES string of the molecule is C=C(/C=C\C(C)=C/C)c1c(C)ccc2c1oc1c(C)c(F)cc(F)c12. The molecule has 128 valence electrons. The second kappa shape index (κ2) is 6.32. The summed E-state index contributed by atoms with van der Waals surface area (Å²) in [7, 11) is 0. The van der Waals surface area contributed by atoms with Crippen LogP contribution in [0.1, 0.15) is 30.5 Å². The predicted octanol–water partition coefficient (Wildman–Crippen LogP) is 7.02. The van der Waals surface area contributed by atoms with Gasteiger partial charge in [0.2, 0.25) is 0 Å². The topological polar surface area (TPSA) is 13.1 Å². The van der Waals surface area contributed by atoms with E-state index in [1.54, 1.807) is 6.92 Å². The van der Waals surface area contributed by atoms with E-state index in [4.69, 9.17) is 4.42 Å². The van der Waals surface area contributed by atoms with Gasteiger partial charge in [-0.3, -0.25) is 0 Å². The van der Waals surface area contributed by atoms with Gasteiger partial charge in [0.1, 0.15) is 22.8 Å². The summed E-state index contributed by atoms with van der Waals surface area (Å²) in [6, 6.07) is 4.64. The van der Waals surface area contributed by atoms with E-state index in [-0.39, 0.29) is 5.58 Å². The van der Waals surface area contributed by atoms with Crippen LogP contribution < -0.4 is 0 Å². The van der Waals surface area contributed by atoms with Crippen LogP contribution in [0.3, 0.4) is 0 Å². The lowest BCUT2D eigenvalue weighted by atomic mass is 9.97. The van der Waals surface area contributed by atoms with Crippen molar-refractivity contribution < 1.29 is 13.2 Å². The van der Waals surface area contributed by atoms with Gasteiger partial charge in [-0.05, 0) is 38.8 Å².